The maximum Gasteiger partial charge on any atom is 0.412 e. The van der Waals surface area contributed by atoms with Crippen molar-refractivity contribution in [1.82, 2.24) is 4.90 Å². The van der Waals surface area contributed by atoms with Crippen molar-refractivity contribution in [3.8, 4) is 0 Å². The van der Waals surface area contributed by atoms with Gasteiger partial charge in [0.25, 0.3) is 0 Å². The molecule has 0 aliphatic heterocycles. The molecule has 0 radical (unpaired) electrons. The Bertz CT molecular complexity index is 569. The predicted molar refractivity (Wildman–Crippen MR) is 106 cm³/mol. The first-order valence-corrected chi connectivity index (χ1v) is 9.57. The first-order valence-electron chi connectivity index (χ1n) is 8.49. The number of carbonyl (C=O) groups excluding carboxylic acids is 1. The number of carbonyl (C=O) groups is 1. The van der Waals surface area contributed by atoms with Crippen molar-refractivity contribution >= 4 is 28.7 Å². The molecular weight excluding hydrogens is 436 g/mol. The number of hydrogen-bond donors (Lipinski definition) is 1. The van der Waals surface area contributed by atoms with Crippen LogP contribution in [-0.2, 0) is 4.74 Å². The van der Waals surface area contributed by atoms with Crippen LogP contribution >= 0.6 is 22.6 Å². The topological polar surface area (TPSA) is 49.8 Å². The third kappa shape index (κ3) is 6.09. The highest BCUT2D eigenvalue weighted by molar-refractivity contribution is 14.1. The van der Waals surface area contributed by atoms with Crippen LogP contribution in [0.1, 0.15) is 59.4 Å². The van der Waals surface area contributed by atoms with Crippen molar-refractivity contribution in [2.24, 2.45) is 0 Å². The van der Waals surface area contributed by atoms with E-state index in [2.05, 4.69) is 22.6 Å². The molecule has 0 saturated heterocycles. The highest BCUT2D eigenvalue weighted by atomic mass is 127. The average Bonchev–Trinajstić information content (AvgIpc) is 2.50. The van der Waals surface area contributed by atoms with E-state index in [1.54, 1.807) is 13.8 Å². The summed E-state index contributed by atoms with van der Waals surface area (Å²) in [6, 6.07) is 6.88. The zero-order valence-electron chi connectivity index (χ0n) is 15.8. The second kappa shape index (κ2) is 8.66. The highest BCUT2D eigenvalue weighted by Crippen LogP contribution is 2.30. The van der Waals surface area contributed by atoms with Gasteiger partial charge in [0.2, 0.25) is 0 Å². The molecule has 1 rings (SSSR count). The SMILES string of the molecule is CCC(C)(C)OC(=O)N(C(CF)C(C)c1ccc(I)cc1)C(C)(C)O. The van der Waals surface area contributed by atoms with E-state index < -0.39 is 30.1 Å². The number of rotatable bonds is 7. The summed E-state index contributed by atoms with van der Waals surface area (Å²) < 4.78 is 20.6. The monoisotopic (exact) mass is 465 g/mol. The van der Waals surface area contributed by atoms with Crippen LogP contribution in [0, 0.1) is 3.57 Å². The van der Waals surface area contributed by atoms with Crippen LogP contribution in [0.5, 0.6) is 0 Å². The van der Waals surface area contributed by atoms with Gasteiger partial charge >= 0.3 is 6.09 Å². The molecule has 0 bridgehead atoms. The minimum atomic E-state index is -1.55. The number of alkyl halides is 1. The summed E-state index contributed by atoms with van der Waals surface area (Å²) in [6.07, 6.45) is -0.0925. The second-order valence-corrected chi connectivity index (χ2v) is 8.65. The quantitative estimate of drug-likeness (QED) is 0.451. The zero-order chi connectivity index (χ0) is 19.4. The Labute approximate surface area is 163 Å². The molecule has 0 aliphatic carbocycles. The molecule has 1 aromatic carbocycles. The number of ether oxygens (including phenoxy) is 1. The number of nitrogens with zero attached hydrogens (tertiary/aromatic N) is 1. The average molecular weight is 465 g/mol. The maximum absolute atomic E-state index is 14.0. The molecule has 142 valence electrons. The van der Waals surface area contributed by atoms with Gasteiger partial charge in [-0.2, -0.15) is 0 Å². The first-order chi connectivity index (χ1) is 11.4. The van der Waals surface area contributed by atoms with E-state index in [0.29, 0.717) is 6.42 Å². The first kappa shape index (κ1) is 22.2. The third-order valence-electron chi connectivity index (χ3n) is 4.46. The van der Waals surface area contributed by atoms with E-state index in [0.717, 1.165) is 14.0 Å². The lowest BCUT2D eigenvalue weighted by Crippen LogP contribution is -2.57. The summed E-state index contributed by atoms with van der Waals surface area (Å²) in [6.45, 7) is 9.50. The van der Waals surface area contributed by atoms with Gasteiger partial charge in [0.05, 0.1) is 6.04 Å². The molecule has 0 saturated carbocycles. The highest BCUT2D eigenvalue weighted by Gasteiger charge is 2.41. The van der Waals surface area contributed by atoms with Gasteiger partial charge in [-0.15, -0.1) is 0 Å². The van der Waals surface area contributed by atoms with Crippen LogP contribution in [0.25, 0.3) is 0 Å². The van der Waals surface area contributed by atoms with E-state index in [1.807, 2.05) is 38.1 Å². The van der Waals surface area contributed by atoms with Crippen molar-refractivity contribution in [2.45, 2.75) is 71.2 Å². The fraction of sp³-hybridized carbons (Fsp3) is 0.632. The lowest BCUT2D eigenvalue weighted by Gasteiger charge is -2.42. The fourth-order valence-corrected chi connectivity index (χ4v) is 2.90. The van der Waals surface area contributed by atoms with Crippen LogP contribution in [0.2, 0.25) is 0 Å². The smallest absolute Gasteiger partial charge is 0.412 e. The second-order valence-electron chi connectivity index (χ2n) is 7.41. The van der Waals surface area contributed by atoms with Gasteiger partial charge in [-0.1, -0.05) is 26.0 Å². The van der Waals surface area contributed by atoms with Crippen LogP contribution in [0.3, 0.4) is 0 Å². The molecule has 25 heavy (non-hydrogen) atoms. The van der Waals surface area contributed by atoms with Gasteiger partial charge in [-0.25, -0.2) is 9.18 Å². The molecule has 1 aromatic rings. The standard InChI is InChI=1S/C19H29FINO3/c1-7-18(3,4)25-17(23)22(19(5,6)24)16(12-20)13(2)14-8-10-15(21)11-9-14/h8-11,13,16,24H,7,12H2,1-6H3. The molecule has 0 fully saturated rings. The number of amides is 1. The molecule has 1 amide bonds. The minimum Gasteiger partial charge on any atom is -0.443 e. The Balaban J connectivity index is 3.17. The molecule has 1 N–H and O–H groups in total. The van der Waals surface area contributed by atoms with E-state index in [9.17, 15) is 14.3 Å². The molecule has 2 atom stereocenters. The normalized spacial score (nSPS) is 14.8. The molecule has 0 spiro atoms. The molecule has 0 aromatic heterocycles. The van der Waals surface area contributed by atoms with Crippen LogP contribution in [-0.4, -0.2) is 40.1 Å². The van der Waals surface area contributed by atoms with Gasteiger partial charge in [0, 0.05) is 9.49 Å². The minimum absolute atomic E-state index is 0.300. The molecule has 0 heterocycles. The molecule has 4 nitrogen and oxygen atoms in total. The van der Waals surface area contributed by atoms with Gasteiger partial charge in [-0.3, -0.25) is 4.90 Å². The number of halogens is 2. The Morgan fingerprint density at radius 1 is 1.28 bits per heavy atom. The molecular formula is C19H29FINO3. The number of aliphatic hydroxyl groups is 1. The third-order valence-corrected chi connectivity index (χ3v) is 5.18. The Morgan fingerprint density at radius 2 is 1.80 bits per heavy atom. The molecule has 2 unspecified atom stereocenters. The van der Waals surface area contributed by atoms with Crippen LogP contribution < -0.4 is 0 Å². The van der Waals surface area contributed by atoms with Gasteiger partial charge < -0.3 is 9.84 Å². The summed E-state index contributed by atoms with van der Waals surface area (Å²) in [5.41, 5.74) is -1.33. The van der Waals surface area contributed by atoms with Gasteiger partial charge in [-0.05, 0) is 74.4 Å². The Kier molecular flexibility index (Phi) is 7.68. The lowest BCUT2D eigenvalue weighted by atomic mass is 9.92. The summed E-state index contributed by atoms with van der Waals surface area (Å²) in [5.74, 6) is -0.300. The summed E-state index contributed by atoms with van der Waals surface area (Å²) in [4.78, 5) is 13.8. The van der Waals surface area contributed by atoms with Crippen LogP contribution in [0.15, 0.2) is 24.3 Å². The van der Waals surface area contributed by atoms with Gasteiger partial charge in [0.1, 0.15) is 18.0 Å². The summed E-state index contributed by atoms with van der Waals surface area (Å²) in [7, 11) is 0. The van der Waals surface area contributed by atoms with Crippen molar-refractivity contribution < 1.29 is 19.0 Å². The molecule has 0 aliphatic rings. The fourth-order valence-electron chi connectivity index (χ4n) is 2.54. The van der Waals surface area contributed by atoms with E-state index in [1.165, 1.54) is 13.8 Å². The molecule has 6 heteroatoms. The van der Waals surface area contributed by atoms with E-state index in [-0.39, 0.29) is 5.92 Å². The van der Waals surface area contributed by atoms with Crippen molar-refractivity contribution in [3.05, 3.63) is 33.4 Å². The zero-order valence-corrected chi connectivity index (χ0v) is 18.0. The predicted octanol–water partition coefficient (Wildman–Crippen LogP) is 5.09. The largest absolute Gasteiger partial charge is 0.443 e. The van der Waals surface area contributed by atoms with Crippen molar-refractivity contribution in [3.63, 3.8) is 0 Å². The Morgan fingerprint density at radius 3 is 2.20 bits per heavy atom. The van der Waals surface area contributed by atoms with E-state index in [4.69, 9.17) is 4.74 Å². The van der Waals surface area contributed by atoms with Crippen molar-refractivity contribution in [1.29, 1.82) is 0 Å². The van der Waals surface area contributed by atoms with Crippen LogP contribution in [0.4, 0.5) is 9.18 Å². The van der Waals surface area contributed by atoms with E-state index >= 15 is 0 Å². The van der Waals surface area contributed by atoms with Crippen molar-refractivity contribution in [2.75, 3.05) is 6.67 Å². The number of hydrogen-bond acceptors (Lipinski definition) is 3. The maximum atomic E-state index is 14.0. The number of benzene rings is 1. The summed E-state index contributed by atoms with van der Waals surface area (Å²) in [5, 5.41) is 10.5. The van der Waals surface area contributed by atoms with Gasteiger partial charge in [0.15, 0.2) is 0 Å². The lowest BCUT2D eigenvalue weighted by molar-refractivity contribution is -0.109. The summed E-state index contributed by atoms with van der Waals surface area (Å²) >= 11 is 2.20. The Hall–Kier alpha value is -0.890.